The molecule has 0 aliphatic heterocycles. The van der Waals surface area contributed by atoms with Gasteiger partial charge in [-0.1, -0.05) is 41.9 Å². The molecule has 0 fully saturated rings. The van der Waals surface area contributed by atoms with Crippen LogP contribution in [-0.2, 0) is 0 Å². The normalized spacial score (nSPS) is 11.9. The maximum Gasteiger partial charge on any atom is 0.259 e. The van der Waals surface area contributed by atoms with Gasteiger partial charge in [0.25, 0.3) is 5.91 Å². The van der Waals surface area contributed by atoms with Gasteiger partial charge in [0.15, 0.2) is 0 Å². The Balaban J connectivity index is 1.74. The highest BCUT2D eigenvalue weighted by molar-refractivity contribution is 6.33. The number of rotatable bonds is 5. The van der Waals surface area contributed by atoms with Crippen LogP contribution >= 0.6 is 11.6 Å². The molecule has 0 unspecified atom stereocenters. The van der Waals surface area contributed by atoms with E-state index in [0.717, 1.165) is 17.0 Å². The largest absolute Gasteiger partial charge is 0.466 e. The second-order valence-electron chi connectivity index (χ2n) is 6.64. The number of hydrogen-bond donors (Lipinski definition) is 2. The number of amides is 1. The van der Waals surface area contributed by atoms with Crippen LogP contribution in [-0.4, -0.2) is 5.91 Å². The molecule has 0 aliphatic carbocycles. The third-order valence-electron chi connectivity index (χ3n) is 4.69. The number of carbonyl (C=O) groups excluding carboxylic acids is 1. The number of furan rings is 1. The fourth-order valence-electron chi connectivity index (χ4n) is 3.09. The lowest BCUT2D eigenvalue weighted by Crippen LogP contribution is -2.14. The van der Waals surface area contributed by atoms with Gasteiger partial charge in [-0.2, -0.15) is 0 Å². The minimum atomic E-state index is -0.198. The smallest absolute Gasteiger partial charge is 0.259 e. The number of benzene rings is 2. The third kappa shape index (κ3) is 4.17. The van der Waals surface area contributed by atoms with E-state index in [-0.39, 0.29) is 11.9 Å². The summed E-state index contributed by atoms with van der Waals surface area (Å²) >= 11 is 6.42. The SMILES string of the molecule is Cc1oc(C)c(C(=O)Nc2ccc(N[C@@H](C)c3ccccc3)c(Cl)c2)c1C. The highest BCUT2D eigenvalue weighted by atomic mass is 35.5. The molecule has 4 nitrogen and oxygen atoms in total. The van der Waals surface area contributed by atoms with Gasteiger partial charge in [-0.15, -0.1) is 0 Å². The predicted octanol–water partition coefficient (Wildman–Crippen LogP) is 6.28. The summed E-state index contributed by atoms with van der Waals surface area (Å²) in [5, 5.41) is 6.84. The Bertz CT molecular complexity index is 964. The summed E-state index contributed by atoms with van der Waals surface area (Å²) in [5.74, 6) is 1.17. The van der Waals surface area contributed by atoms with Crippen LogP contribution in [0.15, 0.2) is 52.9 Å². The number of hydrogen-bond acceptors (Lipinski definition) is 3. The van der Waals surface area contributed by atoms with Crippen molar-refractivity contribution in [3.8, 4) is 0 Å². The summed E-state index contributed by atoms with van der Waals surface area (Å²) < 4.78 is 5.54. The summed E-state index contributed by atoms with van der Waals surface area (Å²) in [6.07, 6.45) is 0. The van der Waals surface area contributed by atoms with Gasteiger partial charge in [-0.05, 0) is 51.5 Å². The Kier molecular flexibility index (Phi) is 5.57. The Morgan fingerprint density at radius 1 is 1.04 bits per heavy atom. The van der Waals surface area contributed by atoms with Crippen LogP contribution in [0.3, 0.4) is 0 Å². The monoisotopic (exact) mass is 382 g/mol. The molecule has 0 saturated heterocycles. The first kappa shape index (κ1) is 19.1. The van der Waals surface area contributed by atoms with Crippen LogP contribution in [0.1, 0.15) is 46.0 Å². The summed E-state index contributed by atoms with van der Waals surface area (Å²) in [5.41, 5.74) is 4.06. The number of halogens is 1. The van der Waals surface area contributed by atoms with Gasteiger partial charge in [0, 0.05) is 17.3 Å². The molecule has 1 atom stereocenters. The summed E-state index contributed by atoms with van der Waals surface area (Å²) in [7, 11) is 0. The first-order valence-corrected chi connectivity index (χ1v) is 9.23. The van der Waals surface area contributed by atoms with Crippen molar-refractivity contribution in [1.29, 1.82) is 0 Å². The van der Waals surface area contributed by atoms with Crippen LogP contribution in [0, 0.1) is 20.8 Å². The van der Waals surface area contributed by atoms with Crippen LogP contribution < -0.4 is 10.6 Å². The first-order chi connectivity index (χ1) is 12.9. The molecule has 0 spiro atoms. The molecular weight excluding hydrogens is 360 g/mol. The molecule has 1 amide bonds. The second-order valence-corrected chi connectivity index (χ2v) is 7.05. The average Bonchev–Trinajstić information content (AvgIpc) is 2.90. The van der Waals surface area contributed by atoms with Gasteiger partial charge in [-0.25, -0.2) is 0 Å². The van der Waals surface area contributed by atoms with E-state index in [4.69, 9.17) is 16.0 Å². The number of nitrogens with one attached hydrogen (secondary N) is 2. The van der Waals surface area contributed by atoms with Gasteiger partial charge in [0.2, 0.25) is 0 Å². The zero-order valence-corrected chi connectivity index (χ0v) is 16.6. The molecule has 3 rings (SSSR count). The van der Waals surface area contributed by atoms with Crippen LogP contribution in [0.2, 0.25) is 5.02 Å². The lowest BCUT2D eigenvalue weighted by atomic mass is 10.1. The molecule has 0 bridgehead atoms. The molecular formula is C22H23ClN2O2. The quantitative estimate of drug-likeness (QED) is 0.545. The molecule has 3 aromatic rings. The zero-order chi connectivity index (χ0) is 19.6. The Morgan fingerprint density at radius 3 is 2.33 bits per heavy atom. The van der Waals surface area contributed by atoms with E-state index in [9.17, 15) is 4.79 Å². The van der Waals surface area contributed by atoms with E-state index in [1.165, 1.54) is 5.56 Å². The number of anilines is 2. The first-order valence-electron chi connectivity index (χ1n) is 8.85. The van der Waals surface area contributed by atoms with E-state index in [2.05, 4.69) is 29.7 Å². The van der Waals surface area contributed by atoms with Gasteiger partial charge in [-0.3, -0.25) is 4.79 Å². The molecule has 140 valence electrons. The van der Waals surface area contributed by atoms with Crippen molar-refractivity contribution in [3.05, 3.63) is 81.8 Å². The molecule has 27 heavy (non-hydrogen) atoms. The summed E-state index contributed by atoms with van der Waals surface area (Å²) in [4.78, 5) is 12.6. The fourth-order valence-corrected chi connectivity index (χ4v) is 3.32. The molecule has 0 saturated carbocycles. The summed E-state index contributed by atoms with van der Waals surface area (Å²) in [6, 6.07) is 15.7. The third-order valence-corrected chi connectivity index (χ3v) is 5.00. The Morgan fingerprint density at radius 2 is 1.74 bits per heavy atom. The standard InChI is InChI=1S/C22H23ClN2O2/c1-13-15(3)27-16(4)21(13)22(26)25-18-10-11-20(19(23)12-18)24-14(2)17-8-6-5-7-9-17/h5-12,14,24H,1-4H3,(H,25,26)/t14-/m0/s1. The van der Waals surface area contributed by atoms with E-state index in [0.29, 0.717) is 22.0 Å². The second kappa shape index (κ2) is 7.89. The topological polar surface area (TPSA) is 54.3 Å². The lowest BCUT2D eigenvalue weighted by Gasteiger charge is -2.17. The van der Waals surface area contributed by atoms with Crippen molar-refractivity contribution < 1.29 is 9.21 Å². The molecule has 2 aromatic carbocycles. The molecule has 0 aliphatic rings. The van der Waals surface area contributed by atoms with Crippen LogP contribution in [0.25, 0.3) is 0 Å². The Hall–Kier alpha value is -2.72. The average molecular weight is 383 g/mol. The minimum absolute atomic E-state index is 0.114. The van der Waals surface area contributed by atoms with Crippen molar-refractivity contribution in [2.24, 2.45) is 0 Å². The van der Waals surface area contributed by atoms with Crippen LogP contribution in [0.4, 0.5) is 11.4 Å². The number of carbonyl (C=O) groups is 1. The lowest BCUT2D eigenvalue weighted by molar-refractivity contribution is 0.102. The Labute approximate surface area is 164 Å². The zero-order valence-electron chi connectivity index (χ0n) is 15.9. The van der Waals surface area contributed by atoms with Crippen molar-refractivity contribution >= 4 is 28.9 Å². The van der Waals surface area contributed by atoms with Crippen molar-refractivity contribution in [3.63, 3.8) is 0 Å². The van der Waals surface area contributed by atoms with E-state index in [1.54, 1.807) is 13.0 Å². The molecule has 2 N–H and O–H groups in total. The summed E-state index contributed by atoms with van der Waals surface area (Å²) in [6.45, 7) is 7.60. The maximum absolute atomic E-state index is 12.6. The highest BCUT2D eigenvalue weighted by Crippen LogP contribution is 2.30. The maximum atomic E-state index is 12.6. The van der Waals surface area contributed by atoms with Gasteiger partial charge in [0.1, 0.15) is 11.5 Å². The van der Waals surface area contributed by atoms with Gasteiger partial charge >= 0.3 is 0 Å². The molecule has 1 aromatic heterocycles. The van der Waals surface area contributed by atoms with Crippen molar-refractivity contribution in [1.82, 2.24) is 0 Å². The van der Waals surface area contributed by atoms with Crippen LogP contribution in [0.5, 0.6) is 0 Å². The van der Waals surface area contributed by atoms with E-state index >= 15 is 0 Å². The predicted molar refractivity (Wildman–Crippen MR) is 111 cm³/mol. The highest BCUT2D eigenvalue weighted by Gasteiger charge is 2.19. The fraction of sp³-hybridized carbons (Fsp3) is 0.227. The molecule has 0 radical (unpaired) electrons. The van der Waals surface area contributed by atoms with E-state index < -0.39 is 0 Å². The molecule has 5 heteroatoms. The van der Waals surface area contributed by atoms with E-state index in [1.807, 2.05) is 44.2 Å². The number of aryl methyl sites for hydroxylation is 2. The van der Waals surface area contributed by atoms with Gasteiger partial charge in [0.05, 0.1) is 16.3 Å². The van der Waals surface area contributed by atoms with Crippen molar-refractivity contribution in [2.75, 3.05) is 10.6 Å². The van der Waals surface area contributed by atoms with Crippen molar-refractivity contribution in [2.45, 2.75) is 33.7 Å². The minimum Gasteiger partial charge on any atom is -0.466 e. The van der Waals surface area contributed by atoms with Gasteiger partial charge < -0.3 is 15.1 Å². The molecule has 1 heterocycles.